The third-order valence-corrected chi connectivity index (χ3v) is 3.73. The van der Waals surface area contributed by atoms with E-state index >= 15 is 0 Å². The van der Waals surface area contributed by atoms with Gasteiger partial charge in [0.25, 0.3) is 0 Å². The standard InChI is InChI=1S/C18H13BrO2/c19-16-8-6-14(7-9-16)10-15-12-17(21-18(15)20)11-13-4-2-1-3-5-13/h1-9,11-12H,10H2/b17-11+. The number of hydrogen-bond donors (Lipinski definition) is 0. The Balaban J connectivity index is 1.79. The zero-order valence-corrected chi connectivity index (χ0v) is 12.8. The van der Waals surface area contributed by atoms with Crippen LogP contribution >= 0.6 is 15.9 Å². The number of carbonyl (C=O) groups excluding carboxylic acids is 1. The van der Waals surface area contributed by atoms with Crippen LogP contribution in [0.4, 0.5) is 0 Å². The minimum Gasteiger partial charge on any atom is -0.423 e. The normalized spacial score (nSPS) is 16.0. The van der Waals surface area contributed by atoms with E-state index in [1.807, 2.05) is 66.7 Å². The summed E-state index contributed by atoms with van der Waals surface area (Å²) in [5.41, 5.74) is 2.78. The van der Waals surface area contributed by atoms with Crippen LogP contribution in [0.5, 0.6) is 0 Å². The van der Waals surface area contributed by atoms with Crippen molar-refractivity contribution < 1.29 is 9.53 Å². The lowest BCUT2D eigenvalue weighted by Crippen LogP contribution is -2.01. The maximum Gasteiger partial charge on any atom is 0.339 e. The number of cyclic esters (lactones) is 1. The van der Waals surface area contributed by atoms with Crippen LogP contribution in [0.2, 0.25) is 0 Å². The minimum atomic E-state index is -0.264. The molecule has 0 fully saturated rings. The Hall–Kier alpha value is -2.13. The molecular formula is C18H13BrO2. The molecule has 0 atom stereocenters. The van der Waals surface area contributed by atoms with Crippen molar-refractivity contribution in [3.8, 4) is 0 Å². The summed E-state index contributed by atoms with van der Waals surface area (Å²) < 4.78 is 6.32. The average Bonchev–Trinajstić information content (AvgIpc) is 2.82. The number of esters is 1. The lowest BCUT2D eigenvalue weighted by molar-refractivity contribution is -0.133. The molecule has 0 N–H and O–H groups in total. The maximum atomic E-state index is 11.9. The molecule has 2 aromatic carbocycles. The van der Waals surface area contributed by atoms with Crippen molar-refractivity contribution in [2.24, 2.45) is 0 Å². The Morgan fingerprint density at radius 1 is 1.00 bits per heavy atom. The number of carbonyl (C=O) groups is 1. The van der Waals surface area contributed by atoms with Gasteiger partial charge < -0.3 is 4.74 Å². The number of rotatable bonds is 3. The van der Waals surface area contributed by atoms with Gasteiger partial charge in [-0.2, -0.15) is 0 Å². The summed E-state index contributed by atoms with van der Waals surface area (Å²) >= 11 is 3.40. The largest absolute Gasteiger partial charge is 0.423 e. The average molecular weight is 341 g/mol. The first-order valence-corrected chi connectivity index (χ1v) is 7.44. The molecule has 0 bridgehead atoms. The van der Waals surface area contributed by atoms with Gasteiger partial charge in [0.05, 0.1) is 0 Å². The molecule has 1 aliphatic rings. The van der Waals surface area contributed by atoms with Crippen LogP contribution in [-0.2, 0) is 16.0 Å². The number of halogens is 1. The zero-order valence-electron chi connectivity index (χ0n) is 11.3. The third-order valence-electron chi connectivity index (χ3n) is 3.21. The number of ether oxygens (including phenoxy) is 1. The highest BCUT2D eigenvalue weighted by Gasteiger charge is 2.21. The quantitative estimate of drug-likeness (QED) is 0.768. The van der Waals surface area contributed by atoms with Gasteiger partial charge in [0, 0.05) is 16.5 Å². The summed E-state index contributed by atoms with van der Waals surface area (Å²) in [6.45, 7) is 0. The van der Waals surface area contributed by atoms with Crippen LogP contribution in [0.1, 0.15) is 11.1 Å². The van der Waals surface area contributed by atoms with Crippen molar-refractivity contribution in [1.29, 1.82) is 0 Å². The molecule has 0 saturated carbocycles. The first-order chi connectivity index (χ1) is 10.2. The fourth-order valence-corrected chi connectivity index (χ4v) is 2.43. The molecule has 2 nitrogen and oxygen atoms in total. The molecule has 1 aliphatic heterocycles. The Labute approximate surface area is 131 Å². The fourth-order valence-electron chi connectivity index (χ4n) is 2.16. The highest BCUT2D eigenvalue weighted by molar-refractivity contribution is 9.10. The van der Waals surface area contributed by atoms with Gasteiger partial charge in [-0.05, 0) is 35.4 Å². The van der Waals surface area contributed by atoms with Crippen LogP contribution in [0, 0.1) is 0 Å². The van der Waals surface area contributed by atoms with Crippen LogP contribution < -0.4 is 0 Å². The van der Waals surface area contributed by atoms with E-state index in [0.29, 0.717) is 17.8 Å². The lowest BCUT2D eigenvalue weighted by atomic mass is 10.1. The highest BCUT2D eigenvalue weighted by Crippen LogP contribution is 2.23. The van der Waals surface area contributed by atoms with Crippen LogP contribution in [0.25, 0.3) is 6.08 Å². The maximum absolute atomic E-state index is 11.9. The van der Waals surface area contributed by atoms with Crippen LogP contribution in [-0.4, -0.2) is 5.97 Å². The molecule has 0 aromatic heterocycles. The van der Waals surface area contributed by atoms with Gasteiger partial charge in [0.1, 0.15) is 5.76 Å². The predicted octanol–water partition coefficient (Wildman–Crippen LogP) is 4.52. The van der Waals surface area contributed by atoms with Crippen molar-refractivity contribution >= 4 is 28.0 Å². The fraction of sp³-hybridized carbons (Fsp3) is 0.0556. The van der Waals surface area contributed by atoms with E-state index in [1.54, 1.807) is 0 Å². The van der Waals surface area contributed by atoms with Gasteiger partial charge >= 0.3 is 5.97 Å². The second-order valence-electron chi connectivity index (χ2n) is 4.82. The van der Waals surface area contributed by atoms with E-state index < -0.39 is 0 Å². The molecule has 0 aliphatic carbocycles. The summed E-state index contributed by atoms with van der Waals surface area (Å²) in [6.07, 6.45) is 4.27. The Kier molecular flexibility index (Phi) is 4.02. The number of benzene rings is 2. The Morgan fingerprint density at radius 2 is 1.71 bits per heavy atom. The summed E-state index contributed by atoms with van der Waals surface area (Å²) in [6, 6.07) is 17.7. The Morgan fingerprint density at radius 3 is 2.43 bits per heavy atom. The van der Waals surface area contributed by atoms with E-state index in [1.165, 1.54) is 0 Å². The molecule has 0 spiro atoms. The summed E-state index contributed by atoms with van der Waals surface area (Å²) in [5.74, 6) is 0.332. The van der Waals surface area contributed by atoms with Crippen LogP contribution in [0.3, 0.4) is 0 Å². The summed E-state index contributed by atoms with van der Waals surface area (Å²) in [7, 11) is 0. The van der Waals surface area contributed by atoms with Crippen molar-refractivity contribution in [2.45, 2.75) is 6.42 Å². The summed E-state index contributed by atoms with van der Waals surface area (Å²) in [4.78, 5) is 11.9. The van der Waals surface area contributed by atoms with E-state index in [2.05, 4.69) is 15.9 Å². The molecule has 3 heteroatoms. The number of allylic oxidation sites excluding steroid dienone is 1. The smallest absolute Gasteiger partial charge is 0.339 e. The minimum absolute atomic E-state index is 0.264. The molecule has 3 rings (SSSR count). The van der Waals surface area contributed by atoms with E-state index in [-0.39, 0.29) is 5.97 Å². The summed E-state index contributed by atoms with van der Waals surface area (Å²) in [5, 5.41) is 0. The van der Waals surface area contributed by atoms with E-state index in [4.69, 9.17) is 4.74 Å². The first-order valence-electron chi connectivity index (χ1n) is 6.65. The highest BCUT2D eigenvalue weighted by atomic mass is 79.9. The Bertz CT molecular complexity index is 713. The van der Waals surface area contributed by atoms with Crippen molar-refractivity contribution in [3.05, 3.63) is 87.6 Å². The molecule has 2 aromatic rings. The predicted molar refractivity (Wildman–Crippen MR) is 86.4 cm³/mol. The van der Waals surface area contributed by atoms with Gasteiger partial charge in [0.15, 0.2) is 0 Å². The molecular weight excluding hydrogens is 328 g/mol. The van der Waals surface area contributed by atoms with Gasteiger partial charge in [0.2, 0.25) is 0 Å². The van der Waals surface area contributed by atoms with E-state index in [0.717, 1.165) is 15.6 Å². The lowest BCUT2D eigenvalue weighted by Gasteiger charge is -2.00. The van der Waals surface area contributed by atoms with Gasteiger partial charge in [-0.3, -0.25) is 0 Å². The third kappa shape index (κ3) is 3.50. The van der Waals surface area contributed by atoms with Gasteiger partial charge in [-0.1, -0.05) is 58.4 Å². The zero-order chi connectivity index (χ0) is 14.7. The monoisotopic (exact) mass is 340 g/mol. The van der Waals surface area contributed by atoms with E-state index in [9.17, 15) is 4.79 Å². The van der Waals surface area contributed by atoms with Crippen LogP contribution in [0.15, 0.2) is 76.5 Å². The molecule has 21 heavy (non-hydrogen) atoms. The first kappa shape index (κ1) is 13.8. The second kappa shape index (κ2) is 6.10. The SMILES string of the molecule is O=C1O/C(=C/c2ccccc2)C=C1Cc1ccc(Br)cc1. The second-order valence-corrected chi connectivity index (χ2v) is 5.74. The van der Waals surface area contributed by atoms with Crippen molar-refractivity contribution in [1.82, 2.24) is 0 Å². The molecule has 0 radical (unpaired) electrons. The topological polar surface area (TPSA) is 26.3 Å². The molecule has 0 saturated heterocycles. The van der Waals surface area contributed by atoms with Gasteiger partial charge in [-0.15, -0.1) is 0 Å². The van der Waals surface area contributed by atoms with Crippen molar-refractivity contribution in [3.63, 3.8) is 0 Å². The van der Waals surface area contributed by atoms with Crippen molar-refractivity contribution in [2.75, 3.05) is 0 Å². The van der Waals surface area contributed by atoms with Gasteiger partial charge in [-0.25, -0.2) is 4.79 Å². The molecule has 104 valence electrons. The number of hydrogen-bond acceptors (Lipinski definition) is 2. The molecule has 0 unspecified atom stereocenters. The molecule has 0 amide bonds. The molecule has 1 heterocycles.